The zero-order valence-electron chi connectivity index (χ0n) is 17.7. The number of ether oxygens (including phenoxy) is 3. The smallest absolute Gasteiger partial charge is 0.305 e. The maximum Gasteiger partial charge on any atom is 0.305 e. The van der Waals surface area contributed by atoms with Crippen molar-refractivity contribution in [3.63, 3.8) is 0 Å². The summed E-state index contributed by atoms with van der Waals surface area (Å²) in [7, 11) is 1.66. The number of benzene rings is 2. The van der Waals surface area contributed by atoms with Gasteiger partial charge >= 0.3 is 5.97 Å². The average Bonchev–Trinajstić information content (AvgIpc) is 2.95. The Morgan fingerprint density at radius 1 is 1.30 bits per heavy atom. The third-order valence-corrected chi connectivity index (χ3v) is 6.93. The van der Waals surface area contributed by atoms with Crippen molar-refractivity contribution in [1.82, 2.24) is 0 Å². The van der Waals surface area contributed by atoms with Gasteiger partial charge in [-0.2, -0.15) is 0 Å². The van der Waals surface area contributed by atoms with Crippen LogP contribution >= 0.6 is 31.9 Å². The van der Waals surface area contributed by atoms with Crippen molar-refractivity contribution < 1.29 is 24.1 Å². The number of rotatable bonds is 6. The number of fused-ring (bicyclic) bond motifs is 1. The predicted molar refractivity (Wildman–Crippen MR) is 122 cm³/mol. The molecule has 0 radical (unpaired) electrons. The number of hydrogen-bond acceptors (Lipinski definition) is 5. The Morgan fingerprint density at radius 2 is 2.00 bits per heavy atom. The fourth-order valence-electron chi connectivity index (χ4n) is 3.98. The molecule has 2 unspecified atom stereocenters. The molecule has 2 aromatic carbocycles. The van der Waals surface area contributed by atoms with E-state index in [0.29, 0.717) is 34.4 Å². The minimum absolute atomic E-state index is 0.233. The van der Waals surface area contributed by atoms with E-state index in [1.807, 2.05) is 25.1 Å². The summed E-state index contributed by atoms with van der Waals surface area (Å²) in [5.41, 5.74) is 2.51. The zero-order chi connectivity index (χ0) is 22.2. The molecule has 0 aromatic heterocycles. The fourth-order valence-corrected chi connectivity index (χ4v) is 5.42. The molecule has 0 fully saturated rings. The molecular weight excluding hydrogens is 516 g/mol. The standard InChI is InChI=1S/C23H26Br2O5/c1-6-14-9-17-18(23(14,27)30-13(4)26)11-19(24)22(21(17)25)29-15-7-8-20(28-5)16(10-15)12(2)3/h7-8,10-12,14,27H,6,9H2,1-5H3. The number of halogens is 2. The van der Waals surface area contributed by atoms with Crippen LogP contribution in [0.4, 0.5) is 0 Å². The van der Waals surface area contributed by atoms with Crippen LogP contribution in [0.3, 0.4) is 0 Å². The van der Waals surface area contributed by atoms with E-state index in [1.54, 1.807) is 13.2 Å². The summed E-state index contributed by atoms with van der Waals surface area (Å²) in [4.78, 5) is 11.7. The molecule has 1 N–H and O–H groups in total. The van der Waals surface area contributed by atoms with Crippen LogP contribution in [0, 0.1) is 5.92 Å². The molecule has 0 heterocycles. The van der Waals surface area contributed by atoms with E-state index in [-0.39, 0.29) is 11.8 Å². The molecule has 30 heavy (non-hydrogen) atoms. The van der Waals surface area contributed by atoms with E-state index in [0.717, 1.165) is 21.3 Å². The monoisotopic (exact) mass is 540 g/mol. The molecule has 0 amide bonds. The van der Waals surface area contributed by atoms with Crippen LogP contribution in [-0.4, -0.2) is 18.2 Å². The van der Waals surface area contributed by atoms with Crippen LogP contribution in [0.2, 0.25) is 0 Å². The molecule has 2 atom stereocenters. The second-order valence-corrected chi connectivity index (χ2v) is 9.43. The van der Waals surface area contributed by atoms with E-state index in [9.17, 15) is 9.90 Å². The first-order chi connectivity index (χ1) is 14.1. The van der Waals surface area contributed by atoms with Gasteiger partial charge in [-0.3, -0.25) is 4.79 Å². The SMILES string of the molecule is CCC1Cc2c(cc(Br)c(Oc3ccc(OC)c(C(C)C)c3)c2Br)C1(O)OC(C)=O. The summed E-state index contributed by atoms with van der Waals surface area (Å²) in [5, 5.41) is 11.2. The van der Waals surface area contributed by atoms with Crippen LogP contribution < -0.4 is 9.47 Å². The number of carbonyl (C=O) groups excluding carboxylic acids is 1. The largest absolute Gasteiger partial charge is 0.496 e. The fraction of sp³-hybridized carbons (Fsp3) is 0.435. The molecule has 5 nitrogen and oxygen atoms in total. The van der Waals surface area contributed by atoms with E-state index in [2.05, 4.69) is 45.7 Å². The normalized spacial score (nSPS) is 20.2. The number of carbonyl (C=O) groups is 1. The van der Waals surface area contributed by atoms with Gasteiger partial charge in [0, 0.05) is 24.0 Å². The quantitative estimate of drug-likeness (QED) is 0.337. The van der Waals surface area contributed by atoms with E-state index < -0.39 is 11.8 Å². The highest BCUT2D eigenvalue weighted by Gasteiger charge is 2.49. The van der Waals surface area contributed by atoms with Gasteiger partial charge in [0.2, 0.25) is 5.79 Å². The van der Waals surface area contributed by atoms with Gasteiger partial charge in [-0.25, -0.2) is 0 Å². The van der Waals surface area contributed by atoms with Crippen LogP contribution in [0.25, 0.3) is 0 Å². The summed E-state index contributed by atoms with van der Waals surface area (Å²) >= 11 is 7.22. The van der Waals surface area contributed by atoms with Gasteiger partial charge < -0.3 is 19.3 Å². The number of methoxy groups -OCH3 is 1. The van der Waals surface area contributed by atoms with Crippen LogP contribution in [0.15, 0.2) is 33.2 Å². The molecule has 2 aromatic rings. The average molecular weight is 542 g/mol. The second kappa shape index (κ2) is 8.89. The summed E-state index contributed by atoms with van der Waals surface area (Å²) in [6.07, 6.45) is 1.23. The molecular formula is C23H26Br2O5. The lowest BCUT2D eigenvalue weighted by molar-refractivity contribution is -0.232. The molecule has 7 heteroatoms. The Kier molecular flexibility index (Phi) is 6.84. The minimum atomic E-state index is -1.65. The van der Waals surface area contributed by atoms with Crippen molar-refractivity contribution >= 4 is 37.8 Å². The number of hydrogen-bond donors (Lipinski definition) is 1. The van der Waals surface area contributed by atoms with Gasteiger partial charge in [0.25, 0.3) is 0 Å². The van der Waals surface area contributed by atoms with Gasteiger partial charge in [0.1, 0.15) is 11.5 Å². The Labute approximate surface area is 194 Å². The lowest BCUT2D eigenvalue weighted by Gasteiger charge is -2.29. The van der Waals surface area contributed by atoms with E-state index in [1.165, 1.54) is 6.92 Å². The molecule has 0 bridgehead atoms. The van der Waals surface area contributed by atoms with Crippen molar-refractivity contribution in [1.29, 1.82) is 0 Å². The van der Waals surface area contributed by atoms with Gasteiger partial charge in [-0.15, -0.1) is 0 Å². The number of esters is 1. The molecule has 3 rings (SSSR count). The Morgan fingerprint density at radius 3 is 2.57 bits per heavy atom. The maximum absolute atomic E-state index is 11.7. The van der Waals surface area contributed by atoms with Crippen LogP contribution in [0.5, 0.6) is 17.2 Å². The molecule has 0 spiro atoms. The Bertz CT molecular complexity index is 973. The first-order valence-corrected chi connectivity index (χ1v) is 11.5. The molecule has 0 aliphatic heterocycles. The highest BCUT2D eigenvalue weighted by Crippen LogP contribution is 2.52. The minimum Gasteiger partial charge on any atom is -0.496 e. The van der Waals surface area contributed by atoms with Crippen molar-refractivity contribution in [3.05, 3.63) is 49.9 Å². The summed E-state index contributed by atoms with van der Waals surface area (Å²) in [5.74, 6) is -0.0123. The summed E-state index contributed by atoms with van der Waals surface area (Å²) in [6, 6.07) is 7.51. The first-order valence-electron chi connectivity index (χ1n) is 9.91. The third-order valence-electron chi connectivity index (χ3n) is 5.50. The second-order valence-electron chi connectivity index (χ2n) is 7.79. The topological polar surface area (TPSA) is 65.0 Å². The highest BCUT2D eigenvalue weighted by molar-refractivity contribution is 9.11. The van der Waals surface area contributed by atoms with Crippen molar-refractivity contribution in [2.75, 3.05) is 7.11 Å². The van der Waals surface area contributed by atoms with E-state index in [4.69, 9.17) is 14.2 Å². The van der Waals surface area contributed by atoms with Crippen molar-refractivity contribution in [3.8, 4) is 17.2 Å². The molecule has 0 saturated heterocycles. The lowest BCUT2D eigenvalue weighted by Crippen LogP contribution is -2.36. The van der Waals surface area contributed by atoms with Crippen molar-refractivity contribution in [2.24, 2.45) is 5.92 Å². The molecule has 1 aliphatic carbocycles. The summed E-state index contributed by atoms with van der Waals surface area (Å²) < 4.78 is 18.5. The van der Waals surface area contributed by atoms with Crippen LogP contribution in [-0.2, 0) is 21.7 Å². The Balaban J connectivity index is 2.04. The predicted octanol–water partition coefficient (Wildman–Crippen LogP) is 6.43. The van der Waals surface area contributed by atoms with Gasteiger partial charge in [-0.1, -0.05) is 20.8 Å². The van der Waals surface area contributed by atoms with Crippen molar-refractivity contribution in [2.45, 2.75) is 52.2 Å². The number of aliphatic hydroxyl groups is 1. The highest BCUT2D eigenvalue weighted by atomic mass is 79.9. The molecule has 1 aliphatic rings. The molecule has 0 saturated carbocycles. The van der Waals surface area contributed by atoms with Gasteiger partial charge in [0.05, 0.1) is 16.1 Å². The summed E-state index contributed by atoms with van der Waals surface area (Å²) in [6.45, 7) is 7.48. The van der Waals surface area contributed by atoms with Gasteiger partial charge in [-0.05, 0) is 80.4 Å². The third kappa shape index (κ3) is 4.12. The Hall–Kier alpha value is -1.57. The lowest BCUT2D eigenvalue weighted by atomic mass is 9.96. The first kappa shape index (κ1) is 23.1. The zero-order valence-corrected chi connectivity index (χ0v) is 20.9. The maximum atomic E-state index is 11.7. The van der Waals surface area contributed by atoms with Crippen LogP contribution in [0.1, 0.15) is 56.7 Å². The van der Waals surface area contributed by atoms with Gasteiger partial charge in [0.15, 0.2) is 5.75 Å². The van der Waals surface area contributed by atoms with E-state index >= 15 is 0 Å². The molecule has 162 valence electrons.